The van der Waals surface area contributed by atoms with Crippen molar-refractivity contribution < 1.29 is 13.2 Å². The Balaban J connectivity index is 1.80. The molecule has 26 heavy (non-hydrogen) atoms. The second-order valence-corrected chi connectivity index (χ2v) is 8.04. The van der Waals surface area contributed by atoms with Gasteiger partial charge < -0.3 is 4.90 Å². The van der Waals surface area contributed by atoms with E-state index in [0.29, 0.717) is 12.2 Å². The Morgan fingerprint density at radius 2 is 1.88 bits per heavy atom. The van der Waals surface area contributed by atoms with Gasteiger partial charge in [-0.1, -0.05) is 30.3 Å². The lowest BCUT2D eigenvalue weighted by molar-refractivity contribution is -0.118. The largest absolute Gasteiger partial charge is 0.312 e. The third-order valence-corrected chi connectivity index (χ3v) is 5.59. The Kier molecular flexibility index (Phi) is 4.96. The van der Waals surface area contributed by atoms with Crippen LogP contribution >= 0.6 is 0 Å². The van der Waals surface area contributed by atoms with Crippen LogP contribution in [0.3, 0.4) is 0 Å². The molecule has 0 bridgehead atoms. The topological polar surface area (TPSA) is 81.5 Å². The van der Waals surface area contributed by atoms with E-state index < -0.39 is 10.0 Å². The van der Waals surface area contributed by atoms with Crippen molar-refractivity contribution in [1.82, 2.24) is 0 Å². The molecule has 1 amide bonds. The van der Waals surface area contributed by atoms with E-state index in [4.69, 9.17) is 0 Å². The highest BCUT2D eigenvalue weighted by molar-refractivity contribution is 7.92. The summed E-state index contributed by atoms with van der Waals surface area (Å²) in [7, 11) is -3.62. The molecule has 2 aromatic carbocycles. The van der Waals surface area contributed by atoms with Crippen LogP contribution in [0.2, 0.25) is 0 Å². The Labute approximate surface area is 153 Å². The van der Waals surface area contributed by atoms with E-state index >= 15 is 0 Å². The van der Waals surface area contributed by atoms with E-state index in [1.807, 2.05) is 30.3 Å². The van der Waals surface area contributed by atoms with Gasteiger partial charge in [0, 0.05) is 25.2 Å². The molecule has 0 N–H and O–H groups in total. The van der Waals surface area contributed by atoms with E-state index in [2.05, 4.69) is 0 Å². The standard InChI is InChI=1S/C19H19N3O3S/c1-26(24,25)22(18-9-5-3-7-16(18)14-20)13-11-19(23)21-12-10-15-6-2-4-8-17(15)21/h2-9H,10-13H2,1H3. The van der Waals surface area contributed by atoms with Gasteiger partial charge in [-0.05, 0) is 30.2 Å². The molecular weight excluding hydrogens is 350 g/mol. The van der Waals surface area contributed by atoms with Gasteiger partial charge >= 0.3 is 0 Å². The normalized spacial score (nSPS) is 13.2. The van der Waals surface area contributed by atoms with Gasteiger partial charge in [0.1, 0.15) is 6.07 Å². The number of rotatable bonds is 5. The number of sulfonamides is 1. The van der Waals surface area contributed by atoms with Gasteiger partial charge in [0.15, 0.2) is 0 Å². The number of nitrogens with zero attached hydrogens (tertiary/aromatic N) is 3. The molecular formula is C19H19N3O3S. The Bertz CT molecular complexity index is 980. The van der Waals surface area contributed by atoms with Gasteiger partial charge in [0.05, 0.1) is 17.5 Å². The third-order valence-electron chi connectivity index (χ3n) is 4.41. The smallest absolute Gasteiger partial charge is 0.232 e. The fraction of sp³-hybridized carbons (Fsp3) is 0.263. The summed E-state index contributed by atoms with van der Waals surface area (Å²) < 4.78 is 25.6. The number of benzene rings is 2. The summed E-state index contributed by atoms with van der Waals surface area (Å²) in [5.41, 5.74) is 2.57. The minimum atomic E-state index is -3.62. The SMILES string of the molecule is CS(=O)(=O)N(CCC(=O)N1CCc2ccccc21)c1ccccc1C#N. The van der Waals surface area contributed by atoms with Gasteiger partial charge in [-0.25, -0.2) is 8.42 Å². The Morgan fingerprint density at radius 3 is 2.62 bits per heavy atom. The number of carbonyl (C=O) groups is 1. The molecule has 2 aromatic rings. The van der Waals surface area contributed by atoms with Crippen LogP contribution in [0.1, 0.15) is 17.5 Å². The fourth-order valence-corrected chi connectivity index (χ4v) is 4.12. The number of hydrogen-bond acceptors (Lipinski definition) is 4. The van der Waals surface area contributed by atoms with Crippen molar-refractivity contribution in [2.75, 3.05) is 28.6 Å². The lowest BCUT2D eigenvalue weighted by Gasteiger charge is -2.24. The van der Waals surface area contributed by atoms with Crippen LogP contribution in [0.25, 0.3) is 0 Å². The minimum Gasteiger partial charge on any atom is -0.312 e. The molecule has 0 atom stereocenters. The summed E-state index contributed by atoms with van der Waals surface area (Å²) in [5, 5.41) is 9.25. The summed E-state index contributed by atoms with van der Waals surface area (Å²) in [6.45, 7) is 0.598. The molecule has 0 fully saturated rings. The van der Waals surface area contributed by atoms with Gasteiger partial charge in [-0.2, -0.15) is 5.26 Å². The summed E-state index contributed by atoms with van der Waals surface area (Å²) in [6.07, 6.45) is 1.92. The average Bonchev–Trinajstić information content (AvgIpc) is 3.05. The molecule has 1 aliphatic rings. The molecule has 0 spiro atoms. The number of nitriles is 1. The third kappa shape index (κ3) is 3.55. The van der Waals surface area contributed by atoms with Crippen molar-refractivity contribution in [2.24, 2.45) is 0 Å². The predicted octanol–water partition coefficient (Wildman–Crippen LogP) is 2.30. The monoisotopic (exact) mass is 369 g/mol. The molecule has 0 unspecified atom stereocenters. The van der Waals surface area contributed by atoms with E-state index in [-0.39, 0.29) is 24.4 Å². The zero-order valence-corrected chi connectivity index (χ0v) is 15.2. The van der Waals surface area contributed by atoms with Gasteiger partial charge in [-0.3, -0.25) is 9.10 Å². The quantitative estimate of drug-likeness (QED) is 0.810. The van der Waals surface area contributed by atoms with Gasteiger partial charge in [0.2, 0.25) is 15.9 Å². The van der Waals surface area contributed by atoms with Crippen molar-refractivity contribution in [2.45, 2.75) is 12.8 Å². The van der Waals surface area contributed by atoms with E-state index in [1.165, 1.54) is 0 Å². The van der Waals surface area contributed by atoms with Crippen LogP contribution in [0.4, 0.5) is 11.4 Å². The first-order valence-corrected chi connectivity index (χ1v) is 10.1. The number of para-hydroxylation sites is 2. The zero-order chi connectivity index (χ0) is 18.7. The number of carbonyl (C=O) groups excluding carboxylic acids is 1. The van der Waals surface area contributed by atoms with E-state index in [1.54, 1.807) is 29.2 Å². The second kappa shape index (κ2) is 7.18. The zero-order valence-electron chi connectivity index (χ0n) is 14.4. The maximum Gasteiger partial charge on any atom is 0.232 e. The first kappa shape index (κ1) is 18.0. The number of amides is 1. The molecule has 0 aliphatic carbocycles. The molecule has 3 rings (SSSR count). The summed E-state index contributed by atoms with van der Waals surface area (Å²) in [5.74, 6) is -0.127. The molecule has 1 heterocycles. The lowest BCUT2D eigenvalue weighted by atomic mass is 10.2. The first-order chi connectivity index (χ1) is 12.4. The van der Waals surface area contributed by atoms with Crippen molar-refractivity contribution in [3.8, 4) is 6.07 Å². The number of hydrogen-bond donors (Lipinski definition) is 0. The van der Waals surface area contributed by atoms with Crippen molar-refractivity contribution >= 4 is 27.3 Å². The summed E-state index contributed by atoms with van der Waals surface area (Å²) >= 11 is 0. The van der Waals surface area contributed by atoms with Crippen LogP contribution in [0.15, 0.2) is 48.5 Å². The molecule has 1 aliphatic heterocycles. The maximum atomic E-state index is 12.7. The Morgan fingerprint density at radius 1 is 1.19 bits per heavy atom. The van der Waals surface area contributed by atoms with Crippen LogP contribution in [0, 0.1) is 11.3 Å². The molecule has 0 saturated carbocycles. The summed E-state index contributed by atoms with van der Waals surface area (Å²) in [6, 6.07) is 16.2. The van der Waals surface area contributed by atoms with Crippen molar-refractivity contribution in [3.63, 3.8) is 0 Å². The predicted molar refractivity (Wildman–Crippen MR) is 100 cm³/mol. The summed E-state index contributed by atoms with van der Waals surface area (Å²) in [4.78, 5) is 14.4. The maximum absolute atomic E-state index is 12.7. The van der Waals surface area contributed by atoms with Crippen LogP contribution < -0.4 is 9.21 Å². The van der Waals surface area contributed by atoms with Crippen LogP contribution in [-0.2, 0) is 21.2 Å². The second-order valence-electron chi connectivity index (χ2n) is 6.14. The number of anilines is 2. The Hall–Kier alpha value is -2.85. The molecule has 7 heteroatoms. The highest BCUT2D eigenvalue weighted by Crippen LogP contribution is 2.28. The van der Waals surface area contributed by atoms with E-state index in [9.17, 15) is 18.5 Å². The first-order valence-electron chi connectivity index (χ1n) is 8.27. The minimum absolute atomic E-state index is 0.00493. The van der Waals surface area contributed by atoms with Gasteiger partial charge in [0.25, 0.3) is 0 Å². The van der Waals surface area contributed by atoms with Crippen LogP contribution in [0.5, 0.6) is 0 Å². The lowest BCUT2D eigenvalue weighted by Crippen LogP contribution is -2.36. The van der Waals surface area contributed by atoms with Crippen molar-refractivity contribution in [3.05, 3.63) is 59.7 Å². The highest BCUT2D eigenvalue weighted by atomic mass is 32.2. The van der Waals surface area contributed by atoms with Crippen LogP contribution in [-0.4, -0.2) is 33.7 Å². The van der Waals surface area contributed by atoms with E-state index in [0.717, 1.165) is 28.2 Å². The molecule has 6 nitrogen and oxygen atoms in total. The highest BCUT2D eigenvalue weighted by Gasteiger charge is 2.26. The average molecular weight is 369 g/mol. The molecule has 0 saturated heterocycles. The van der Waals surface area contributed by atoms with Gasteiger partial charge in [-0.15, -0.1) is 0 Å². The fourth-order valence-electron chi connectivity index (χ4n) is 3.18. The number of fused-ring (bicyclic) bond motifs is 1. The molecule has 0 radical (unpaired) electrons. The molecule has 134 valence electrons. The molecule has 0 aromatic heterocycles. The van der Waals surface area contributed by atoms with Crippen molar-refractivity contribution in [1.29, 1.82) is 5.26 Å².